The van der Waals surface area contributed by atoms with Crippen molar-refractivity contribution in [3.05, 3.63) is 59.7 Å². The van der Waals surface area contributed by atoms with Crippen LogP contribution < -0.4 is 10.6 Å². The van der Waals surface area contributed by atoms with Gasteiger partial charge in [-0.15, -0.1) is 0 Å². The van der Waals surface area contributed by atoms with Crippen LogP contribution in [-0.4, -0.2) is 11.8 Å². The van der Waals surface area contributed by atoms with Crippen LogP contribution >= 0.6 is 0 Å². The van der Waals surface area contributed by atoms with E-state index in [1.54, 1.807) is 24.3 Å². The third-order valence-electron chi connectivity index (χ3n) is 3.72. The number of benzene rings is 2. The summed E-state index contributed by atoms with van der Waals surface area (Å²) in [7, 11) is 0. The van der Waals surface area contributed by atoms with E-state index in [0.29, 0.717) is 29.3 Å². The molecule has 4 heteroatoms. The fourth-order valence-corrected chi connectivity index (χ4v) is 2.35. The first-order valence-electron chi connectivity index (χ1n) is 8.31. The van der Waals surface area contributed by atoms with Crippen LogP contribution in [0.5, 0.6) is 0 Å². The molecule has 0 aliphatic carbocycles. The number of hydrogen-bond acceptors (Lipinski definition) is 2. The van der Waals surface area contributed by atoms with E-state index in [4.69, 9.17) is 0 Å². The topological polar surface area (TPSA) is 58.2 Å². The second-order valence-electron chi connectivity index (χ2n) is 6.11. The van der Waals surface area contributed by atoms with Crippen LogP contribution in [0.4, 0.5) is 11.4 Å². The molecule has 0 bridgehead atoms. The number of anilines is 2. The van der Waals surface area contributed by atoms with Gasteiger partial charge < -0.3 is 10.6 Å². The zero-order valence-corrected chi connectivity index (χ0v) is 14.4. The van der Waals surface area contributed by atoms with E-state index in [1.165, 1.54) is 5.56 Å². The van der Waals surface area contributed by atoms with Gasteiger partial charge in [-0.25, -0.2) is 0 Å². The maximum Gasteiger partial charge on any atom is 0.255 e. The van der Waals surface area contributed by atoms with Gasteiger partial charge in [0.15, 0.2) is 0 Å². The summed E-state index contributed by atoms with van der Waals surface area (Å²) in [6, 6.07) is 14.8. The van der Waals surface area contributed by atoms with E-state index in [0.717, 1.165) is 6.42 Å². The lowest BCUT2D eigenvalue weighted by molar-refractivity contribution is -0.116. The van der Waals surface area contributed by atoms with Gasteiger partial charge in [0.1, 0.15) is 0 Å². The molecule has 0 spiro atoms. The number of hydrogen-bond donors (Lipinski definition) is 2. The van der Waals surface area contributed by atoms with Crippen LogP contribution in [0.3, 0.4) is 0 Å². The zero-order chi connectivity index (χ0) is 17.5. The van der Waals surface area contributed by atoms with Crippen LogP contribution in [0.25, 0.3) is 0 Å². The van der Waals surface area contributed by atoms with E-state index >= 15 is 0 Å². The van der Waals surface area contributed by atoms with Crippen molar-refractivity contribution in [1.29, 1.82) is 0 Å². The maximum absolute atomic E-state index is 12.3. The summed E-state index contributed by atoms with van der Waals surface area (Å²) >= 11 is 0. The molecule has 24 heavy (non-hydrogen) atoms. The molecule has 2 N–H and O–H groups in total. The predicted octanol–water partition coefficient (Wildman–Crippen LogP) is 4.80. The molecule has 0 heterocycles. The van der Waals surface area contributed by atoms with Crippen molar-refractivity contribution in [2.75, 3.05) is 10.6 Å². The molecule has 2 rings (SSSR count). The molecule has 0 saturated heterocycles. The highest BCUT2D eigenvalue weighted by atomic mass is 16.2. The predicted molar refractivity (Wildman–Crippen MR) is 98.5 cm³/mol. The minimum atomic E-state index is -0.164. The van der Waals surface area contributed by atoms with E-state index in [2.05, 4.69) is 24.5 Å². The van der Waals surface area contributed by atoms with E-state index in [-0.39, 0.29) is 11.8 Å². The Bertz CT molecular complexity index is 706. The molecule has 0 saturated carbocycles. The molecule has 0 radical (unpaired) electrons. The molecule has 0 atom stereocenters. The first-order chi connectivity index (χ1) is 11.5. The standard InChI is InChI=1S/C20H24N2O2/c1-4-6-19(23)21-17-7-5-8-18(13-17)22-20(24)16-11-9-15(10-12-16)14(2)3/h5,7-14H,4,6H2,1-3H3,(H,21,23)(H,22,24). The van der Waals surface area contributed by atoms with Gasteiger partial charge in [0.2, 0.25) is 5.91 Å². The number of carbonyl (C=O) groups is 2. The monoisotopic (exact) mass is 324 g/mol. The largest absolute Gasteiger partial charge is 0.326 e. The summed E-state index contributed by atoms with van der Waals surface area (Å²) in [5, 5.41) is 5.69. The fourth-order valence-electron chi connectivity index (χ4n) is 2.35. The highest BCUT2D eigenvalue weighted by Crippen LogP contribution is 2.18. The quantitative estimate of drug-likeness (QED) is 0.802. The molecule has 0 aliphatic heterocycles. The molecule has 0 fully saturated rings. The number of amides is 2. The molecular weight excluding hydrogens is 300 g/mol. The highest BCUT2D eigenvalue weighted by molar-refractivity contribution is 6.04. The molecule has 0 unspecified atom stereocenters. The van der Waals surface area contributed by atoms with Crippen LogP contribution in [-0.2, 0) is 4.79 Å². The molecule has 0 aromatic heterocycles. The first kappa shape index (κ1) is 17.7. The summed E-state index contributed by atoms with van der Waals surface area (Å²) in [5.41, 5.74) is 3.15. The second kappa shape index (κ2) is 8.29. The van der Waals surface area contributed by atoms with Crippen molar-refractivity contribution in [3.8, 4) is 0 Å². The number of carbonyl (C=O) groups excluding carboxylic acids is 2. The summed E-state index contributed by atoms with van der Waals surface area (Å²) in [5.74, 6) is 0.248. The van der Waals surface area contributed by atoms with Crippen molar-refractivity contribution in [2.45, 2.75) is 39.5 Å². The van der Waals surface area contributed by atoms with E-state index < -0.39 is 0 Å². The molecule has 2 aromatic carbocycles. The van der Waals surface area contributed by atoms with E-state index in [1.807, 2.05) is 31.2 Å². The zero-order valence-electron chi connectivity index (χ0n) is 14.4. The molecule has 4 nitrogen and oxygen atoms in total. The van der Waals surface area contributed by atoms with Crippen molar-refractivity contribution in [3.63, 3.8) is 0 Å². The Kier molecular flexibility index (Phi) is 6.13. The van der Waals surface area contributed by atoms with Crippen LogP contribution in [0.15, 0.2) is 48.5 Å². The van der Waals surface area contributed by atoms with Crippen LogP contribution in [0.1, 0.15) is 55.5 Å². The van der Waals surface area contributed by atoms with Gasteiger partial charge in [-0.2, -0.15) is 0 Å². The van der Waals surface area contributed by atoms with Crippen molar-refractivity contribution >= 4 is 23.2 Å². The maximum atomic E-state index is 12.3. The smallest absolute Gasteiger partial charge is 0.255 e. The van der Waals surface area contributed by atoms with Gasteiger partial charge in [-0.3, -0.25) is 9.59 Å². The minimum absolute atomic E-state index is 0.0229. The number of rotatable bonds is 6. The Labute approximate surface area is 143 Å². The van der Waals surface area contributed by atoms with Crippen LogP contribution in [0, 0.1) is 0 Å². The molecular formula is C20H24N2O2. The van der Waals surface area contributed by atoms with E-state index in [9.17, 15) is 9.59 Å². The highest BCUT2D eigenvalue weighted by Gasteiger charge is 2.08. The second-order valence-corrected chi connectivity index (χ2v) is 6.11. The lowest BCUT2D eigenvalue weighted by Gasteiger charge is -2.10. The Hall–Kier alpha value is -2.62. The van der Waals surface area contributed by atoms with Gasteiger partial charge in [-0.1, -0.05) is 39.0 Å². The van der Waals surface area contributed by atoms with Gasteiger partial charge in [0, 0.05) is 23.4 Å². The summed E-state index contributed by atoms with van der Waals surface area (Å²) in [6.45, 7) is 6.20. The number of nitrogens with one attached hydrogen (secondary N) is 2. The lowest BCUT2D eigenvalue weighted by atomic mass is 10.0. The van der Waals surface area contributed by atoms with Gasteiger partial charge in [-0.05, 0) is 48.2 Å². The minimum Gasteiger partial charge on any atom is -0.326 e. The Balaban J connectivity index is 2.04. The molecule has 0 aliphatic rings. The molecule has 2 aromatic rings. The average Bonchev–Trinajstić information content (AvgIpc) is 2.55. The summed E-state index contributed by atoms with van der Waals surface area (Å²) < 4.78 is 0. The van der Waals surface area contributed by atoms with Crippen molar-refractivity contribution in [1.82, 2.24) is 0 Å². The van der Waals surface area contributed by atoms with Crippen molar-refractivity contribution < 1.29 is 9.59 Å². The first-order valence-corrected chi connectivity index (χ1v) is 8.31. The molecule has 126 valence electrons. The van der Waals surface area contributed by atoms with Gasteiger partial charge in [0.25, 0.3) is 5.91 Å². The SMILES string of the molecule is CCCC(=O)Nc1cccc(NC(=O)c2ccc(C(C)C)cc2)c1. The fraction of sp³-hybridized carbons (Fsp3) is 0.300. The van der Waals surface area contributed by atoms with Crippen molar-refractivity contribution in [2.24, 2.45) is 0 Å². The Morgan fingerprint density at radius 2 is 1.58 bits per heavy atom. The summed E-state index contributed by atoms with van der Waals surface area (Å²) in [4.78, 5) is 24.0. The lowest BCUT2D eigenvalue weighted by Crippen LogP contribution is -2.13. The molecule has 2 amide bonds. The third kappa shape index (κ3) is 4.95. The Morgan fingerprint density at radius 3 is 2.17 bits per heavy atom. The third-order valence-corrected chi connectivity index (χ3v) is 3.72. The van der Waals surface area contributed by atoms with Crippen LogP contribution in [0.2, 0.25) is 0 Å². The van der Waals surface area contributed by atoms with Gasteiger partial charge in [0.05, 0.1) is 0 Å². The van der Waals surface area contributed by atoms with Gasteiger partial charge >= 0.3 is 0 Å². The Morgan fingerprint density at radius 1 is 0.958 bits per heavy atom. The normalized spacial score (nSPS) is 10.5. The summed E-state index contributed by atoms with van der Waals surface area (Å²) in [6.07, 6.45) is 1.29. The average molecular weight is 324 g/mol.